The van der Waals surface area contributed by atoms with E-state index in [1.54, 1.807) is 6.08 Å². The molecular formula is C48H91NO3. The zero-order valence-corrected chi connectivity index (χ0v) is 35.1. The summed E-state index contributed by atoms with van der Waals surface area (Å²) in [5.41, 5.74) is 0. The number of aliphatic hydroxyl groups is 2. The van der Waals surface area contributed by atoms with E-state index in [-0.39, 0.29) is 12.5 Å². The lowest BCUT2D eigenvalue weighted by Crippen LogP contribution is -2.45. The van der Waals surface area contributed by atoms with Crippen LogP contribution in [-0.4, -0.2) is 34.9 Å². The highest BCUT2D eigenvalue weighted by Gasteiger charge is 2.17. The second-order valence-electron chi connectivity index (χ2n) is 15.8. The van der Waals surface area contributed by atoms with Gasteiger partial charge < -0.3 is 15.5 Å². The van der Waals surface area contributed by atoms with Gasteiger partial charge in [0.15, 0.2) is 0 Å². The molecule has 0 aliphatic carbocycles. The lowest BCUT2D eigenvalue weighted by atomic mass is 10.0. The van der Waals surface area contributed by atoms with E-state index in [0.717, 1.165) is 32.1 Å². The smallest absolute Gasteiger partial charge is 0.220 e. The first-order valence-corrected chi connectivity index (χ1v) is 23.2. The van der Waals surface area contributed by atoms with Gasteiger partial charge in [0.25, 0.3) is 0 Å². The lowest BCUT2D eigenvalue weighted by Gasteiger charge is -2.20. The van der Waals surface area contributed by atoms with Gasteiger partial charge in [-0.1, -0.05) is 224 Å². The third-order valence-electron chi connectivity index (χ3n) is 10.6. The molecule has 2 unspecified atom stereocenters. The average Bonchev–Trinajstić information content (AvgIpc) is 3.15. The minimum Gasteiger partial charge on any atom is -0.394 e. The summed E-state index contributed by atoms with van der Waals surface area (Å²) in [4.78, 5) is 12.4. The monoisotopic (exact) mass is 730 g/mol. The first-order valence-electron chi connectivity index (χ1n) is 23.2. The molecule has 0 aliphatic heterocycles. The molecule has 0 bridgehead atoms. The summed E-state index contributed by atoms with van der Waals surface area (Å²) < 4.78 is 0. The molecule has 0 saturated carbocycles. The van der Waals surface area contributed by atoms with Gasteiger partial charge >= 0.3 is 0 Å². The van der Waals surface area contributed by atoms with Crippen LogP contribution < -0.4 is 5.32 Å². The van der Waals surface area contributed by atoms with Gasteiger partial charge in [0.2, 0.25) is 5.91 Å². The van der Waals surface area contributed by atoms with Crippen molar-refractivity contribution in [2.75, 3.05) is 6.61 Å². The Hall–Kier alpha value is -1.39. The van der Waals surface area contributed by atoms with Crippen LogP contribution in [0.3, 0.4) is 0 Å². The van der Waals surface area contributed by atoms with Crippen LogP contribution in [0.4, 0.5) is 0 Å². The summed E-state index contributed by atoms with van der Waals surface area (Å²) in [5, 5.41) is 22.9. The van der Waals surface area contributed by atoms with E-state index in [1.165, 1.54) is 193 Å². The predicted molar refractivity (Wildman–Crippen MR) is 230 cm³/mol. The largest absolute Gasteiger partial charge is 0.394 e. The number of carbonyl (C=O) groups excluding carboxylic acids is 1. The highest BCUT2D eigenvalue weighted by molar-refractivity contribution is 5.76. The van der Waals surface area contributed by atoms with Crippen LogP contribution in [-0.2, 0) is 4.79 Å². The predicted octanol–water partition coefficient (Wildman–Crippen LogP) is 14.6. The van der Waals surface area contributed by atoms with E-state index in [4.69, 9.17) is 0 Å². The van der Waals surface area contributed by atoms with Gasteiger partial charge in [0.05, 0.1) is 18.8 Å². The number of nitrogens with one attached hydrogen (secondary N) is 1. The molecule has 1 amide bonds. The average molecular weight is 730 g/mol. The zero-order chi connectivity index (χ0) is 37.8. The Bertz CT molecular complexity index is 790. The van der Waals surface area contributed by atoms with Gasteiger partial charge in [-0.05, 0) is 51.4 Å². The van der Waals surface area contributed by atoms with Crippen molar-refractivity contribution >= 4 is 5.91 Å². The van der Waals surface area contributed by atoms with Gasteiger partial charge in [-0.3, -0.25) is 4.79 Å². The molecule has 2 atom stereocenters. The highest BCUT2D eigenvalue weighted by Crippen LogP contribution is 2.15. The molecule has 0 aromatic heterocycles. The van der Waals surface area contributed by atoms with Crippen LogP contribution in [0.2, 0.25) is 0 Å². The molecule has 0 aliphatic rings. The van der Waals surface area contributed by atoms with E-state index in [1.807, 2.05) is 6.08 Å². The van der Waals surface area contributed by atoms with Crippen LogP contribution in [0.5, 0.6) is 0 Å². The summed E-state index contributed by atoms with van der Waals surface area (Å²) in [6, 6.07) is -0.620. The first kappa shape index (κ1) is 50.6. The van der Waals surface area contributed by atoms with Gasteiger partial charge in [0.1, 0.15) is 0 Å². The third-order valence-corrected chi connectivity index (χ3v) is 10.6. The molecule has 3 N–H and O–H groups in total. The topological polar surface area (TPSA) is 69.6 Å². The number of carbonyl (C=O) groups is 1. The second kappa shape index (κ2) is 44.0. The summed E-state index contributed by atoms with van der Waals surface area (Å²) >= 11 is 0. The number of unbranched alkanes of at least 4 members (excludes halogenated alkanes) is 31. The molecule has 0 spiro atoms. The molecule has 0 radical (unpaired) electrons. The van der Waals surface area contributed by atoms with Gasteiger partial charge in [-0.2, -0.15) is 0 Å². The quantitative estimate of drug-likeness (QED) is 0.0433. The molecule has 4 nitrogen and oxygen atoms in total. The minimum atomic E-state index is -0.837. The Kier molecular flexibility index (Phi) is 42.8. The number of allylic oxidation sites excluding steroid dienone is 5. The molecule has 0 fully saturated rings. The third kappa shape index (κ3) is 39.8. The maximum atomic E-state index is 12.4. The SMILES string of the molecule is CCCCCCCCCCC/C=C\C/C=C\CCCCCCCCCCCCCCCC(=O)NC(CO)C(O)/C=C/CCCCCCCCCCC. The van der Waals surface area contributed by atoms with Crippen LogP contribution >= 0.6 is 0 Å². The first-order chi connectivity index (χ1) is 25.7. The molecule has 0 saturated heterocycles. The molecule has 52 heavy (non-hydrogen) atoms. The Morgan fingerprint density at radius 2 is 0.788 bits per heavy atom. The maximum absolute atomic E-state index is 12.4. The van der Waals surface area contributed by atoms with E-state index >= 15 is 0 Å². The van der Waals surface area contributed by atoms with Gasteiger partial charge in [-0.25, -0.2) is 0 Å². The van der Waals surface area contributed by atoms with Crippen LogP contribution in [0.1, 0.15) is 245 Å². The maximum Gasteiger partial charge on any atom is 0.220 e. The van der Waals surface area contributed by atoms with Crippen molar-refractivity contribution in [3.05, 3.63) is 36.5 Å². The lowest BCUT2D eigenvalue weighted by molar-refractivity contribution is -0.123. The number of rotatable bonds is 42. The molecule has 0 aromatic carbocycles. The summed E-state index contributed by atoms with van der Waals surface area (Å²) in [6.07, 6.45) is 58.4. The van der Waals surface area contributed by atoms with Crippen LogP contribution in [0.25, 0.3) is 0 Å². The Morgan fingerprint density at radius 3 is 1.15 bits per heavy atom. The van der Waals surface area contributed by atoms with E-state index in [2.05, 4.69) is 43.5 Å². The minimum absolute atomic E-state index is 0.0654. The molecule has 0 rings (SSSR count). The summed E-state index contributed by atoms with van der Waals surface area (Å²) in [6.45, 7) is 4.30. The van der Waals surface area contributed by atoms with Crippen molar-refractivity contribution in [3.8, 4) is 0 Å². The normalized spacial score (nSPS) is 13.2. The van der Waals surface area contributed by atoms with Gasteiger partial charge in [-0.15, -0.1) is 0 Å². The Labute approximate surface area is 325 Å². The van der Waals surface area contributed by atoms with Crippen LogP contribution in [0, 0.1) is 0 Å². The second-order valence-corrected chi connectivity index (χ2v) is 15.8. The molecule has 0 heterocycles. The number of aliphatic hydroxyl groups excluding tert-OH is 2. The molecule has 306 valence electrons. The van der Waals surface area contributed by atoms with E-state index in [0.29, 0.717) is 6.42 Å². The Balaban J connectivity index is 3.48. The molecule has 0 aromatic rings. The number of hydrogen-bond donors (Lipinski definition) is 3. The van der Waals surface area contributed by atoms with Crippen LogP contribution in [0.15, 0.2) is 36.5 Å². The number of amides is 1. The highest BCUT2D eigenvalue weighted by atomic mass is 16.3. The van der Waals surface area contributed by atoms with Crippen molar-refractivity contribution in [2.45, 2.75) is 257 Å². The van der Waals surface area contributed by atoms with Crippen molar-refractivity contribution in [3.63, 3.8) is 0 Å². The standard InChI is InChI=1S/C48H91NO3/c1-3-5-7-9-11-13-15-16-17-18-19-20-21-22-23-24-25-26-27-28-29-30-31-32-34-36-38-40-42-44-48(52)49-46(45-50)47(51)43-41-39-37-35-33-14-12-10-8-6-4-2/h19-20,22-23,41,43,46-47,50-51H,3-18,21,24-40,42,44-45H2,1-2H3,(H,49,52)/b20-19-,23-22-,43-41+. The summed E-state index contributed by atoms with van der Waals surface area (Å²) in [5.74, 6) is -0.0654. The fourth-order valence-corrected chi connectivity index (χ4v) is 7.03. The van der Waals surface area contributed by atoms with Crippen molar-refractivity contribution in [1.82, 2.24) is 5.32 Å². The Morgan fingerprint density at radius 1 is 0.462 bits per heavy atom. The van der Waals surface area contributed by atoms with Crippen molar-refractivity contribution < 1.29 is 15.0 Å². The molecule has 4 heteroatoms. The van der Waals surface area contributed by atoms with E-state index < -0.39 is 12.1 Å². The van der Waals surface area contributed by atoms with Crippen molar-refractivity contribution in [2.24, 2.45) is 0 Å². The van der Waals surface area contributed by atoms with Gasteiger partial charge in [0, 0.05) is 6.42 Å². The number of hydrogen-bond acceptors (Lipinski definition) is 3. The molecular weight excluding hydrogens is 639 g/mol. The fourth-order valence-electron chi connectivity index (χ4n) is 7.03. The summed E-state index contributed by atoms with van der Waals surface area (Å²) in [7, 11) is 0. The zero-order valence-electron chi connectivity index (χ0n) is 35.1. The fraction of sp³-hybridized carbons (Fsp3) is 0.854. The van der Waals surface area contributed by atoms with Crippen molar-refractivity contribution in [1.29, 1.82) is 0 Å². The van der Waals surface area contributed by atoms with E-state index in [9.17, 15) is 15.0 Å².